The van der Waals surface area contributed by atoms with Crippen LogP contribution in [0.2, 0.25) is 5.02 Å². The first kappa shape index (κ1) is 12.8. The maximum atomic E-state index is 12.4. The average Bonchev–Trinajstić information content (AvgIpc) is 2.00. The van der Waals surface area contributed by atoms with E-state index < -0.39 is 31.5 Å². The lowest BCUT2D eigenvalue weighted by molar-refractivity contribution is 0.145. The first-order valence-electron chi connectivity index (χ1n) is 3.40. The molecular weight excluding hydrogens is 317 g/mol. The number of hydrogen-bond acceptors (Lipinski definition) is 3. The molecule has 0 fully saturated rings. The highest BCUT2D eigenvalue weighted by Gasteiger charge is 2.24. The molecule has 84 valence electrons. The normalized spacial score (nSPS) is 12.1. The summed E-state index contributed by atoms with van der Waals surface area (Å²) in [5, 5.41) is 4.50. The van der Waals surface area contributed by atoms with Crippen LogP contribution in [0.25, 0.3) is 0 Å². The number of nitrogens with zero attached hydrogens (tertiary/aromatic N) is 1. The molecule has 1 aromatic heterocycles. The van der Waals surface area contributed by atoms with Crippen LogP contribution in [0.1, 0.15) is 12.1 Å². The molecule has 0 saturated heterocycles. The van der Waals surface area contributed by atoms with Crippen LogP contribution >= 0.6 is 27.5 Å². The summed E-state index contributed by atoms with van der Waals surface area (Å²) in [6.07, 6.45) is -2.11. The van der Waals surface area contributed by atoms with Gasteiger partial charge in [0.1, 0.15) is 10.6 Å². The van der Waals surface area contributed by atoms with E-state index in [1.807, 2.05) is 0 Å². The Labute approximate surface area is 97.6 Å². The van der Waals surface area contributed by atoms with E-state index in [0.29, 0.717) is 0 Å². The lowest BCUT2D eigenvalue weighted by atomic mass is 10.3. The van der Waals surface area contributed by atoms with Crippen molar-refractivity contribution in [1.82, 2.24) is 4.98 Å². The van der Waals surface area contributed by atoms with E-state index in [-0.39, 0.29) is 5.02 Å². The molecule has 0 saturated carbocycles. The number of sulfonamides is 1. The van der Waals surface area contributed by atoms with Gasteiger partial charge in [0.2, 0.25) is 10.0 Å². The van der Waals surface area contributed by atoms with Crippen LogP contribution in [0.5, 0.6) is 0 Å². The van der Waals surface area contributed by atoms with Gasteiger partial charge in [-0.2, -0.15) is 0 Å². The highest BCUT2D eigenvalue weighted by Crippen LogP contribution is 2.34. The van der Waals surface area contributed by atoms with Crippen molar-refractivity contribution in [3.8, 4) is 0 Å². The van der Waals surface area contributed by atoms with Crippen molar-refractivity contribution in [1.29, 1.82) is 0 Å². The van der Waals surface area contributed by atoms with Gasteiger partial charge in [0, 0.05) is 6.20 Å². The predicted octanol–water partition coefficient (Wildman–Crippen LogP) is 2.08. The molecule has 0 spiro atoms. The zero-order valence-electron chi connectivity index (χ0n) is 6.92. The number of alkyl halides is 2. The van der Waals surface area contributed by atoms with E-state index >= 15 is 0 Å². The summed E-state index contributed by atoms with van der Waals surface area (Å²) in [7, 11) is -4.17. The molecule has 1 rings (SSSR count). The lowest BCUT2D eigenvalue weighted by Gasteiger charge is -2.08. The van der Waals surface area contributed by atoms with Gasteiger partial charge in [0.15, 0.2) is 0 Å². The summed E-state index contributed by atoms with van der Waals surface area (Å²) in [5.74, 6) is 0. The predicted molar refractivity (Wildman–Crippen MR) is 53.3 cm³/mol. The SMILES string of the molecule is NS(=O)(=O)c1c(Cl)cnc(C(F)F)c1Br. The van der Waals surface area contributed by atoms with Crippen molar-refractivity contribution in [2.75, 3.05) is 0 Å². The Kier molecular flexibility index (Phi) is 3.64. The number of hydrogen-bond donors (Lipinski definition) is 1. The summed E-state index contributed by atoms with van der Waals surface area (Å²) in [4.78, 5) is 2.71. The molecule has 1 aromatic rings. The number of aromatic nitrogens is 1. The lowest BCUT2D eigenvalue weighted by Crippen LogP contribution is -2.15. The van der Waals surface area contributed by atoms with Crippen LogP contribution in [0.15, 0.2) is 15.6 Å². The topological polar surface area (TPSA) is 73.1 Å². The summed E-state index contributed by atoms with van der Waals surface area (Å²) >= 11 is 8.18. The Hall–Kier alpha value is -0.310. The zero-order chi connectivity index (χ0) is 11.8. The Morgan fingerprint density at radius 3 is 2.47 bits per heavy atom. The van der Waals surface area contributed by atoms with Crippen molar-refractivity contribution in [2.45, 2.75) is 11.3 Å². The molecule has 0 aliphatic rings. The smallest absolute Gasteiger partial charge is 0.252 e. The van der Waals surface area contributed by atoms with Gasteiger partial charge in [-0.1, -0.05) is 11.6 Å². The number of rotatable bonds is 2. The highest BCUT2D eigenvalue weighted by atomic mass is 79.9. The van der Waals surface area contributed by atoms with Gasteiger partial charge in [0.05, 0.1) is 9.50 Å². The summed E-state index contributed by atoms with van der Waals surface area (Å²) < 4.78 is 46.4. The van der Waals surface area contributed by atoms with E-state index in [0.717, 1.165) is 6.20 Å². The zero-order valence-corrected chi connectivity index (χ0v) is 10.1. The fraction of sp³-hybridized carbons (Fsp3) is 0.167. The van der Waals surface area contributed by atoms with Gasteiger partial charge >= 0.3 is 0 Å². The second-order valence-corrected chi connectivity index (χ2v) is 5.18. The molecule has 0 bridgehead atoms. The fourth-order valence-corrected chi connectivity index (χ4v) is 3.30. The molecule has 2 N–H and O–H groups in total. The molecule has 0 aromatic carbocycles. The molecule has 4 nitrogen and oxygen atoms in total. The van der Waals surface area contributed by atoms with Crippen LogP contribution in [-0.2, 0) is 10.0 Å². The first-order valence-corrected chi connectivity index (χ1v) is 6.11. The van der Waals surface area contributed by atoms with E-state index in [2.05, 4.69) is 20.9 Å². The van der Waals surface area contributed by atoms with Crippen molar-refractivity contribution < 1.29 is 17.2 Å². The quantitative estimate of drug-likeness (QED) is 0.906. The van der Waals surface area contributed by atoms with Crippen LogP contribution in [0.3, 0.4) is 0 Å². The molecule has 0 radical (unpaired) electrons. The van der Waals surface area contributed by atoms with E-state index in [1.165, 1.54) is 0 Å². The standard InChI is InChI=1S/C6H4BrClF2N2O2S/c7-3-4(6(9)10)12-1-2(8)5(3)15(11,13)14/h1,6H,(H2,11,13,14). The fourth-order valence-electron chi connectivity index (χ4n) is 0.876. The molecular formula is C6H4BrClF2N2O2S. The van der Waals surface area contributed by atoms with E-state index in [1.54, 1.807) is 0 Å². The van der Waals surface area contributed by atoms with E-state index in [9.17, 15) is 17.2 Å². The summed E-state index contributed by atoms with van der Waals surface area (Å²) in [6, 6.07) is 0. The van der Waals surface area contributed by atoms with Gasteiger partial charge in [-0.3, -0.25) is 4.98 Å². The van der Waals surface area contributed by atoms with Crippen molar-refractivity contribution in [2.24, 2.45) is 5.14 Å². The number of halogens is 4. The van der Waals surface area contributed by atoms with Crippen molar-refractivity contribution in [3.05, 3.63) is 21.4 Å². The first-order chi connectivity index (χ1) is 6.75. The molecule has 0 aliphatic heterocycles. The maximum Gasteiger partial charge on any atom is 0.281 e. The molecule has 0 aliphatic carbocycles. The minimum atomic E-state index is -4.17. The van der Waals surface area contributed by atoms with Crippen LogP contribution < -0.4 is 5.14 Å². The number of nitrogens with two attached hydrogens (primary N) is 1. The van der Waals surface area contributed by atoms with Gasteiger partial charge in [-0.05, 0) is 15.9 Å². The molecule has 15 heavy (non-hydrogen) atoms. The Morgan fingerprint density at radius 2 is 2.07 bits per heavy atom. The third kappa shape index (κ3) is 2.63. The second kappa shape index (κ2) is 4.28. The highest BCUT2D eigenvalue weighted by molar-refractivity contribution is 9.10. The van der Waals surface area contributed by atoms with Crippen molar-refractivity contribution in [3.63, 3.8) is 0 Å². The molecule has 0 amide bonds. The number of pyridine rings is 1. The second-order valence-electron chi connectivity index (χ2n) is 2.48. The molecule has 1 heterocycles. The Balaban J connectivity index is 3.59. The molecule has 9 heteroatoms. The largest absolute Gasteiger partial charge is 0.281 e. The minimum Gasteiger partial charge on any atom is -0.252 e. The van der Waals surface area contributed by atoms with Crippen LogP contribution in [0.4, 0.5) is 8.78 Å². The maximum absolute atomic E-state index is 12.4. The third-order valence-corrected chi connectivity index (χ3v) is 3.91. The Morgan fingerprint density at radius 1 is 1.53 bits per heavy atom. The average molecular weight is 322 g/mol. The third-order valence-electron chi connectivity index (χ3n) is 1.45. The summed E-state index contributed by atoms with van der Waals surface area (Å²) in [5.41, 5.74) is -0.719. The molecule has 0 unspecified atom stereocenters. The monoisotopic (exact) mass is 320 g/mol. The Bertz CT molecular complexity index is 494. The minimum absolute atomic E-state index is 0.311. The van der Waals surface area contributed by atoms with E-state index in [4.69, 9.17) is 16.7 Å². The van der Waals surface area contributed by atoms with Gasteiger partial charge in [-0.15, -0.1) is 0 Å². The van der Waals surface area contributed by atoms with Gasteiger partial charge in [0.25, 0.3) is 6.43 Å². The van der Waals surface area contributed by atoms with Gasteiger partial charge < -0.3 is 0 Å². The van der Waals surface area contributed by atoms with Crippen molar-refractivity contribution >= 4 is 37.6 Å². The van der Waals surface area contributed by atoms with Gasteiger partial charge in [-0.25, -0.2) is 22.3 Å². The molecule has 0 atom stereocenters. The van der Waals surface area contributed by atoms with Crippen LogP contribution in [0, 0.1) is 0 Å². The van der Waals surface area contributed by atoms with Crippen LogP contribution in [-0.4, -0.2) is 13.4 Å². The number of primary sulfonamides is 1. The summed E-state index contributed by atoms with van der Waals surface area (Å²) in [6.45, 7) is 0.